The zero-order chi connectivity index (χ0) is 17.1. The number of likely N-dealkylation sites (tertiary alicyclic amines) is 1. The predicted molar refractivity (Wildman–Crippen MR) is 94.7 cm³/mol. The molecule has 2 aliphatic heterocycles. The van der Waals surface area contributed by atoms with Gasteiger partial charge in [0.1, 0.15) is 0 Å². The summed E-state index contributed by atoms with van der Waals surface area (Å²) in [5, 5.41) is 3.07. The molecule has 2 fully saturated rings. The summed E-state index contributed by atoms with van der Waals surface area (Å²) in [6, 6.07) is 10.1. The molecule has 130 valence electrons. The molecule has 0 unspecified atom stereocenters. The maximum absolute atomic E-state index is 12.4. The van der Waals surface area contributed by atoms with E-state index in [-0.39, 0.29) is 17.7 Å². The first-order valence-corrected chi connectivity index (χ1v) is 8.91. The third-order valence-corrected chi connectivity index (χ3v) is 5.18. The molecule has 1 N–H and O–H groups in total. The number of amides is 2. The summed E-state index contributed by atoms with van der Waals surface area (Å²) in [6.45, 7) is 7.79. The van der Waals surface area contributed by atoms with Crippen LogP contribution in [0.4, 0.5) is 5.69 Å². The van der Waals surface area contributed by atoms with Crippen LogP contribution in [0.1, 0.15) is 26.7 Å². The largest absolute Gasteiger partial charge is 0.355 e. The Bertz CT molecular complexity index is 588. The van der Waals surface area contributed by atoms with Gasteiger partial charge in [0.15, 0.2) is 0 Å². The maximum Gasteiger partial charge on any atom is 0.227 e. The standard InChI is InChI=1S/C19H27N3O2/c1-14(2)21-9-8-15(12-21)11-20-19(24)16-10-18(23)22(13-16)17-6-4-3-5-7-17/h3-7,14-16H,8-13H2,1-2H3,(H,20,24)/t15-,16-/m1/s1. The van der Waals surface area contributed by atoms with Gasteiger partial charge in [-0.3, -0.25) is 9.59 Å². The predicted octanol–water partition coefficient (Wildman–Crippen LogP) is 1.89. The summed E-state index contributed by atoms with van der Waals surface area (Å²) in [4.78, 5) is 28.8. The van der Waals surface area contributed by atoms with Crippen molar-refractivity contribution in [3.05, 3.63) is 30.3 Å². The number of anilines is 1. The SMILES string of the molecule is CC(C)N1CC[C@H](CNC(=O)[C@@H]2CC(=O)N(c3ccccc3)C2)C1. The number of carbonyl (C=O) groups is 2. The highest BCUT2D eigenvalue weighted by Crippen LogP contribution is 2.25. The van der Waals surface area contributed by atoms with Gasteiger partial charge in [0.2, 0.25) is 11.8 Å². The molecule has 0 spiro atoms. The second kappa shape index (κ2) is 7.34. The van der Waals surface area contributed by atoms with Gasteiger partial charge in [-0.1, -0.05) is 18.2 Å². The fraction of sp³-hybridized carbons (Fsp3) is 0.579. The molecule has 2 aliphatic rings. The fourth-order valence-electron chi connectivity index (χ4n) is 3.63. The second-order valence-electron chi connectivity index (χ2n) is 7.23. The van der Waals surface area contributed by atoms with Crippen LogP contribution in [0.5, 0.6) is 0 Å². The number of rotatable bonds is 5. The van der Waals surface area contributed by atoms with Gasteiger partial charge in [-0.25, -0.2) is 0 Å². The molecule has 2 amide bonds. The summed E-state index contributed by atoms with van der Waals surface area (Å²) >= 11 is 0. The molecule has 5 heteroatoms. The molecule has 1 aromatic carbocycles. The third kappa shape index (κ3) is 3.78. The lowest BCUT2D eigenvalue weighted by Crippen LogP contribution is -2.37. The van der Waals surface area contributed by atoms with Gasteiger partial charge in [-0.05, 0) is 44.9 Å². The second-order valence-corrected chi connectivity index (χ2v) is 7.23. The summed E-state index contributed by atoms with van der Waals surface area (Å²) in [5.41, 5.74) is 0.876. The highest BCUT2D eigenvalue weighted by atomic mass is 16.2. The van der Waals surface area contributed by atoms with Crippen molar-refractivity contribution in [2.75, 3.05) is 31.1 Å². The van der Waals surface area contributed by atoms with Crippen molar-refractivity contribution in [1.29, 1.82) is 0 Å². The zero-order valence-electron chi connectivity index (χ0n) is 14.6. The normalized spacial score (nSPS) is 24.8. The van der Waals surface area contributed by atoms with E-state index in [2.05, 4.69) is 24.1 Å². The summed E-state index contributed by atoms with van der Waals surface area (Å²) in [7, 11) is 0. The Morgan fingerprint density at radius 2 is 2.00 bits per heavy atom. The Hall–Kier alpha value is -1.88. The zero-order valence-corrected chi connectivity index (χ0v) is 14.6. The van der Waals surface area contributed by atoms with Crippen molar-refractivity contribution >= 4 is 17.5 Å². The summed E-state index contributed by atoms with van der Waals surface area (Å²) < 4.78 is 0. The molecule has 0 aromatic heterocycles. The van der Waals surface area contributed by atoms with Gasteiger partial charge in [-0.2, -0.15) is 0 Å². The lowest BCUT2D eigenvalue weighted by Gasteiger charge is -2.20. The average Bonchev–Trinajstić information content (AvgIpc) is 3.20. The molecule has 0 bridgehead atoms. The molecular weight excluding hydrogens is 302 g/mol. The maximum atomic E-state index is 12.4. The van der Waals surface area contributed by atoms with Crippen molar-refractivity contribution in [2.24, 2.45) is 11.8 Å². The van der Waals surface area contributed by atoms with Crippen molar-refractivity contribution in [1.82, 2.24) is 10.2 Å². The van der Waals surface area contributed by atoms with Crippen LogP contribution in [0.25, 0.3) is 0 Å². The first-order valence-electron chi connectivity index (χ1n) is 8.91. The van der Waals surface area contributed by atoms with Crippen LogP contribution >= 0.6 is 0 Å². The number of benzene rings is 1. The Morgan fingerprint density at radius 3 is 2.67 bits per heavy atom. The molecule has 1 aromatic rings. The first kappa shape index (κ1) is 17.0. The summed E-state index contributed by atoms with van der Waals surface area (Å²) in [5.74, 6) is 0.344. The third-order valence-electron chi connectivity index (χ3n) is 5.18. The molecule has 2 saturated heterocycles. The van der Waals surface area contributed by atoms with Crippen LogP contribution < -0.4 is 10.2 Å². The van der Waals surface area contributed by atoms with E-state index in [9.17, 15) is 9.59 Å². The molecule has 0 saturated carbocycles. The van der Waals surface area contributed by atoms with Crippen molar-refractivity contribution in [3.8, 4) is 0 Å². The van der Waals surface area contributed by atoms with E-state index < -0.39 is 0 Å². The van der Waals surface area contributed by atoms with Crippen LogP contribution in [-0.2, 0) is 9.59 Å². The number of nitrogens with zero attached hydrogens (tertiary/aromatic N) is 2. The highest BCUT2D eigenvalue weighted by Gasteiger charge is 2.35. The van der Waals surface area contributed by atoms with Crippen LogP contribution in [0, 0.1) is 11.8 Å². The molecular formula is C19H27N3O2. The van der Waals surface area contributed by atoms with Crippen LogP contribution in [-0.4, -0.2) is 48.9 Å². The summed E-state index contributed by atoms with van der Waals surface area (Å²) in [6.07, 6.45) is 1.45. The minimum Gasteiger partial charge on any atom is -0.355 e. The highest BCUT2D eigenvalue weighted by molar-refractivity contribution is 6.00. The van der Waals surface area contributed by atoms with Gasteiger partial charge in [0.05, 0.1) is 5.92 Å². The van der Waals surface area contributed by atoms with Crippen LogP contribution in [0.15, 0.2) is 30.3 Å². The van der Waals surface area contributed by atoms with E-state index >= 15 is 0 Å². The van der Waals surface area contributed by atoms with Crippen LogP contribution in [0.2, 0.25) is 0 Å². The molecule has 0 radical (unpaired) electrons. The first-order chi connectivity index (χ1) is 11.5. The average molecular weight is 329 g/mol. The van der Waals surface area contributed by atoms with E-state index in [1.54, 1.807) is 4.90 Å². The Balaban J connectivity index is 1.49. The number of hydrogen-bond donors (Lipinski definition) is 1. The number of carbonyl (C=O) groups excluding carboxylic acids is 2. The molecule has 24 heavy (non-hydrogen) atoms. The smallest absolute Gasteiger partial charge is 0.227 e. The number of hydrogen-bond acceptors (Lipinski definition) is 3. The van der Waals surface area contributed by atoms with Gasteiger partial charge in [0.25, 0.3) is 0 Å². The topological polar surface area (TPSA) is 52.7 Å². The van der Waals surface area contributed by atoms with Crippen molar-refractivity contribution in [3.63, 3.8) is 0 Å². The lowest BCUT2D eigenvalue weighted by molar-refractivity contribution is -0.126. The Morgan fingerprint density at radius 1 is 1.25 bits per heavy atom. The molecule has 0 aliphatic carbocycles. The van der Waals surface area contributed by atoms with E-state index in [0.29, 0.717) is 24.9 Å². The van der Waals surface area contributed by atoms with Gasteiger partial charge >= 0.3 is 0 Å². The minimum atomic E-state index is -0.236. The van der Waals surface area contributed by atoms with Gasteiger partial charge in [0, 0.05) is 37.8 Å². The molecule has 2 atom stereocenters. The molecule has 5 nitrogen and oxygen atoms in total. The monoisotopic (exact) mass is 329 g/mol. The van der Waals surface area contributed by atoms with Gasteiger partial charge in [-0.15, -0.1) is 0 Å². The van der Waals surface area contributed by atoms with Crippen LogP contribution in [0.3, 0.4) is 0 Å². The number of nitrogens with one attached hydrogen (secondary N) is 1. The van der Waals surface area contributed by atoms with Gasteiger partial charge < -0.3 is 15.1 Å². The molecule has 3 rings (SSSR count). The Labute approximate surface area is 144 Å². The fourth-order valence-corrected chi connectivity index (χ4v) is 3.63. The van der Waals surface area contributed by atoms with Crippen molar-refractivity contribution < 1.29 is 9.59 Å². The van der Waals surface area contributed by atoms with E-state index in [1.807, 2.05) is 30.3 Å². The van der Waals surface area contributed by atoms with E-state index in [1.165, 1.54) is 0 Å². The van der Waals surface area contributed by atoms with E-state index in [4.69, 9.17) is 0 Å². The Kier molecular flexibility index (Phi) is 5.19. The number of para-hydroxylation sites is 1. The molecule has 2 heterocycles. The quantitative estimate of drug-likeness (QED) is 0.897. The van der Waals surface area contributed by atoms with E-state index in [0.717, 1.165) is 31.7 Å². The lowest BCUT2D eigenvalue weighted by atomic mass is 10.1. The van der Waals surface area contributed by atoms with Crippen molar-refractivity contribution in [2.45, 2.75) is 32.7 Å². The minimum absolute atomic E-state index is 0.0183.